The normalized spacial score (nSPS) is 11.3. The Kier molecular flexibility index (Phi) is 4.71. The van der Waals surface area contributed by atoms with Crippen LogP contribution in [-0.4, -0.2) is 9.55 Å². The van der Waals surface area contributed by atoms with Gasteiger partial charge in [-0.25, -0.2) is 4.98 Å². The summed E-state index contributed by atoms with van der Waals surface area (Å²) in [5.74, 6) is 2.28. The maximum Gasteiger partial charge on any atom is 0.131 e. The fraction of sp³-hybridized carbons (Fsp3) is 0.500. The van der Waals surface area contributed by atoms with Crippen LogP contribution in [0.5, 0.6) is 0 Å². The zero-order valence-corrected chi connectivity index (χ0v) is 13.9. The maximum atomic E-state index is 6.45. The van der Waals surface area contributed by atoms with Crippen molar-refractivity contribution in [2.24, 2.45) is 0 Å². The second kappa shape index (κ2) is 6.33. The number of benzene rings is 1. The summed E-state index contributed by atoms with van der Waals surface area (Å²) in [6, 6.07) is 6.34. The van der Waals surface area contributed by atoms with E-state index in [0.717, 1.165) is 36.7 Å². The number of rotatable bonds is 5. The van der Waals surface area contributed by atoms with E-state index in [4.69, 9.17) is 10.7 Å². The maximum absolute atomic E-state index is 6.45. The first-order valence-corrected chi connectivity index (χ1v) is 7.89. The summed E-state index contributed by atoms with van der Waals surface area (Å²) >= 11 is 0. The van der Waals surface area contributed by atoms with Crippen LogP contribution in [0.3, 0.4) is 0 Å². The molecule has 0 bridgehead atoms. The quantitative estimate of drug-likeness (QED) is 0.867. The van der Waals surface area contributed by atoms with Crippen LogP contribution in [0.4, 0.5) is 5.82 Å². The number of hydrogen-bond donors (Lipinski definition) is 1. The monoisotopic (exact) mass is 285 g/mol. The largest absolute Gasteiger partial charge is 0.383 e. The number of nitrogen functional groups attached to an aromatic ring is 1. The molecule has 0 spiro atoms. The Morgan fingerprint density at radius 3 is 2.33 bits per heavy atom. The van der Waals surface area contributed by atoms with E-state index in [-0.39, 0.29) is 0 Å². The van der Waals surface area contributed by atoms with Gasteiger partial charge in [0.2, 0.25) is 0 Å². The lowest BCUT2D eigenvalue weighted by atomic mass is 10.00. The molecule has 3 nitrogen and oxygen atoms in total. The molecule has 0 saturated carbocycles. The topological polar surface area (TPSA) is 43.8 Å². The Bertz CT molecular complexity index is 603. The molecule has 1 aromatic heterocycles. The Labute approximate surface area is 128 Å². The third-order valence-corrected chi connectivity index (χ3v) is 4.01. The first kappa shape index (κ1) is 15.6. The third-order valence-electron chi connectivity index (χ3n) is 4.01. The summed E-state index contributed by atoms with van der Waals surface area (Å²) in [6.07, 6.45) is 2.29. The van der Waals surface area contributed by atoms with E-state index >= 15 is 0 Å². The summed E-state index contributed by atoms with van der Waals surface area (Å²) in [4.78, 5) is 4.89. The lowest BCUT2D eigenvalue weighted by Gasteiger charge is -2.11. The number of nitrogens with two attached hydrogens (primary N) is 1. The van der Waals surface area contributed by atoms with Crippen molar-refractivity contribution in [2.75, 3.05) is 5.73 Å². The number of anilines is 1. The molecular weight excluding hydrogens is 258 g/mol. The Morgan fingerprint density at radius 1 is 1.19 bits per heavy atom. The molecule has 0 saturated heterocycles. The van der Waals surface area contributed by atoms with E-state index in [0.29, 0.717) is 5.92 Å². The summed E-state index contributed by atoms with van der Waals surface area (Å²) in [5.41, 5.74) is 11.1. The van der Waals surface area contributed by atoms with Gasteiger partial charge >= 0.3 is 0 Å². The van der Waals surface area contributed by atoms with Gasteiger partial charge in [-0.1, -0.05) is 45.4 Å². The molecule has 114 valence electrons. The SMILES string of the molecule is CCCCn1c(C(C)C)nc(-c2c(C)cccc2C)c1N. The molecule has 1 heterocycles. The number of aromatic nitrogens is 2. The molecule has 3 heteroatoms. The molecule has 0 fully saturated rings. The summed E-state index contributed by atoms with van der Waals surface area (Å²) < 4.78 is 2.20. The second-order valence-electron chi connectivity index (χ2n) is 6.13. The molecule has 0 unspecified atom stereocenters. The molecule has 0 aliphatic rings. The van der Waals surface area contributed by atoms with Gasteiger partial charge < -0.3 is 10.3 Å². The highest BCUT2D eigenvalue weighted by Crippen LogP contribution is 2.33. The Morgan fingerprint density at radius 2 is 1.81 bits per heavy atom. The van der Waals surface area contributed by atoms with Crippen LogP contribution in [0.25, 0.3) is 11.3 Å². The van der Waals surface area contributed by atoms with E-state index in [9.17, 15) is 0 Å². The lowest BCUT2D eigenvalue weighted by molar-refractivity contribution is 0.588. The number of nitrogens with zero attached hydrogens (tertiary/aromatic N) is 2. The minimum atomic E-state index is 0.377. The molecule has 0 amide bonds. The van der Waals surface area contributed by atoms with Crippen LogP contribution in [0.15, 0.2) is 18.2 Å². The third kappa shape index (κ3) is 2.97. The van der Waals surface area contributed by atoms with E-state index in [1.807, 2.05) is 0 Å². The van der Waals surface area contributed by atoms with Gasteiger partial charge in [-0.05, 0) is 31.4 Å². The van der Waals surface area contributed by atoms with Gasteiger partial charge in [-0.3, -0.25) is 0 Å². The molecule has 21 heavy (non-hydrogen) atoms. The minimum absolute atomic E-state index is 0.377. The number of imidazole rings is 1. The smallest absolute Gasteiger partial charge is 0.131 e. The van der Waals surface area contributed by atoms with Gasteiger partial charge in [-0.15, -0.1) is 0 Å². The van der Waals surface area contributed by atoms with Gasteiger partial charge in [0.1, 0.15) is 17.3 Å². The number of hydrogen-bond acceptors (Lipinski definition) is 2. The van der Waals surface area contributed by atoms with Crippen LogP contribution in [-0.2, 0) is 6.54 Å². The minimum Gasteiger partial charge on any atom is -0.383 e. The highest BCUT2D eigenvalue weighted by atomic mass is 15.1. The summed E-state index contributed by atoms with van der Waals surface area (Å²) in [6.45, 7) is 11.8. The fourth-order valence-corrected chi connectivity index (χ4v) is 2.85. The first-order valence-electron chi connectivity index (χ1n) is 7.89. The zero-order valence-electron chi connectivity index (χ0n) is 13.9. The summed E-state index contributed by atoms with van der Waals surface area (Å²) in [7, 11) is 0. The van der Waals surface area contributed by atoms with E-state index in [2.05, 4.69) is 57.4 Å². The lowest BCUT2D eigenvalue weighted by Crippen LogP contribution is -2.08. The predicted molar refractivity (Wildman–Crippen MR) is 90.5 cm³/mol. The highest BCUT2D eigenvalue weighted by molar-refractivity contribution is 5.76. The molecule has 1 aromatic carbocycles. The second-order valence-corrected chi connectivity index (χ2v) is 6.13. The highest BCUT2D eigenvalue weighted by Gasteiger charge is 2.20. The Hall–Kier alpha value is -1.77. The Balaban J connectivity index is 2.60. The van der Waals surface area contributed by atoms with Crippen LogP contribution >= 0.6 is 0 Å². The van der Waals surface area contributed by atoms with Crippen LogP contribution in [0, 0.1) is 13.8 Å². The predicted octanol–water partition coefficient (Wildman–Crippen LogP) is 4.67. The molecule has 2 aromatic rings. The zero-order chi connectivity index (χ0) is 15.6. The van der Waals surface area contributed by atoms with Gasteiger partial charge in [-0.2, -0.15) is 0 Å². The van der Waals surface area contributed by atoms with Crippen LogP contribution < -0.4 is 5.73 Å². The van der Waals surface area contributed by atoms with Crippen molar-refractivity contribution in [3.8, 4) is 11.3 Å². The number of aryl methyl sites for hydroxylation is 2. The first-order chi connectivity index (χ1) is 9.97. The van der Waals surface area contributed by atoms with Crippen molar-refractivity contribution >= 4 is 5.82 Å². The molecule has 0 atom stereocenters. The molecule has 0 aliphatic carbocycles. The van der Waals surface area contributed by atoms with Crippen molar-refractivity contribution in [1.29, 1.82) is 0 Å². The molecule has 0 radical (unpaired) electrons. The van der Waals surface area contributed by atoms with E-state index in [1.54, 1.807) is 0 Å². The van der Waals surface area contributed by atoms with Crippen molar-refractivity contribution < 1.29 is 0 Å². The van der Waals surface area contributed by atoms with E-state index < -0.39 is 0 Å². The van der Waals surface area contributed by atoms with Crippen molar-refractivity contribution in [3.63, 3.8) is 0 Å². The average molecular weight is 285 g/mol. The fourth-order valence-electron chi connectivity index (χ4n) is 2.85. The van der Waals surface area contributed by atoms with Crippen molar-refractivity contribution in [1.82, 2.24) is 9.55 Å². The molecule has 0 aliphatic heterocycles. The van der Waals surface area contributed by atoms with Crippen molar-refractivity contribution in [3.05, 3.63) is 35.2 Å². The van der Waals surface area contributed by atoms with Gasteiger partial charge in [0.15, 0.2) is 0 Å². The molecule has 2 rings (SSSR count). The van der Waals surface area contributed by atoms with Gasteiger partial charge in [0.25, 0.3) is 0 Å². The van der Waals surface area contributed by atoms with Crippen LogP contribution in [0.1, 0.15) is 56.5 Å². The molecular formula is C18H27N3. The molecule has 2 N–H and O–H groups in total. The standard InChI is InChI=1S/C18H27N3/c1-6-7-11-21-17(19)16(20-18(21)12(2)3)15-13(4)9-8-10-14(15)5/h8-10,12H,6-7,11,19H2,1-5H3. The van der Waals surface area contributed by atoms with Gasteiger partial charge in [0.05, 0.1) is 0 Å². The van der Waals surface area contributed by atoms with Gasteiger partial charge in [0, 0.05) is 18.0 Å². The van der Waals surface area contributed by atoms with Crippen molar-refractivity contribution in [2.45, 2.75) is 59.9 Å². The number of unbranched alkanes of at least 4 members (excludes halogenated alkanes) is 1. The van der Waals surface area contributed by atoms with Crippen LogP contribution in [0.2, 0.25) is 0 Å². The van der Waals surface area contributed by atoms with E-state index in [1.165, 1.54) is 16.7 Å². The summed E-state index contributed by atoms with van der Waals surface area (Å²) in [5, 5.41) is 0. The average Bonchev–Trinajstić information content (AvgIpc) is 2.74.